The van der Waals surface area contributed by atoms with E-state index in [0.29, 0.717) is 28.4 Å². The lowest BCUT2D eigenvalue weighted by molar-refractivity contribution is -0.158. The highest BCUT2D eigenvalue weighted by Gasteiger charge is 2.38. The number of fused-ring (bicyclic) bond motifs is 1. The molecule has 1 saturated heterocycles. The zero-order valence-electron chi connectivity index (χ0n) is 20.2. The summed E-state index contributed by atoms with van der Waals surface area (Å²) in [4.78, 5) is 44.4. The summed E-state index contributed by atoms with van der Waals surface area (Å²) >= 11 is 6.07. The summed E-state index contributed by atoms with van der Waals surface area (Å²) in [7, 11) is 2.06. The van der Waals surface area contributed by atoms with Crippen molar-refractivity contribution in [2.45, 2.75) is 26.1 Å². The number of halogens is 1. The Balaban J connectivity index is 1.46. The van der Waals surface area contributed by atoms with Gasteiger partial charge in [-0.15, -0.1) is 0 Å². The lowest BCUT2D eigenvalue weighted by atomic mass is 10.1. The third-order valence-corrected chi connectivity index (χ3v) is 6.80. The summed E-state index contributed by atoms with van der Waals surface area (Å²) in [6, 6.07) is 11.9. The molecule has 0 spiro atoms. The van der Waals surface area contributed by atoms with E-state index in [0.717, 1.165) is 31.7 Å². The first-order chi connectivity index (χ1) is 16.7. The Morgan fingerprint density at radius 2 is 1.63 bits per heavy atom. The topological polar surface area (TPSA) is 79.4 Å². The van der Waals surface area contributed by atoms with E-state index >= 15 is 0 Å². The standard InChI is InChI=1S/C26H30ClN3O5/c1-17-14-19(8-9-23(17)27)34-18(2)26(33)35-20(15-29-12-10-28(3)11-13-29)16-30-24(31)21-6-4-5-7-22(21)25(30)32/h4-9,14,18,20H,10-13,15-16H2,1-3H3/t18-,20-/m0/s1. The van der Waals surface area contributed by atoms with Crippen molar-refractivity contribution >= 4 is 29.4 Å². The van der Waals surface area contributed by atoms with Crippen molar-refractivity contribution < 1.29 is 23.9 Å². The molecule has 0 unspecified atom stereocenters. The Bertz CT molecular complexity index is 1080. The SMILES string of the molecule is Cc1cc(O[C@@H](C)C(=O)O[C@@H](CN2CCN(C)CC2)CN2C(=O)c3ccccc3C2=O)ccc1Cl. The molecule has 2 aliphatic heterocycles. The molecule has 0 aliphatic carbocycles. The highest BCUT2D eigenvalue weighted by molar-refractivity contribution is 6.31. The van der Waals surface area contributed by atoms with E-state index in [1.54, 1.807) is 49.4 Å². The number of amides is 2. The van der Waals surface area contributed by atoms with Gasteiger partial charge in [0.15, 0.2) is 6.10 Å². The number of nitrogens with zero attached hydrogens (tertiary/aromatic N) is 3. The number of ether oxygens (including phenoxy) is 2. The number of esters is 1. The number of likely N-dealkylation sites (N-methyl/N-ethyl adjacent to an activating group) is 1. The van der Waals surface area contributed by atoms with Crippen molar-refractivity contribution in [3.63, 3.8) is 0 Å². The second-order valence-corrected chi connectivity index (χ2v) is 9.51. The molecule has 2 aromatic rings. The van der Waals surface area contributed by atoms with Crippen LogP contribution in [-0.4, -0.2) is 91.0 Å². The maximum absolute atomic E-state index is 13.0. The van der Waals surface area contributed by atoms with Crippen LogP contribution in [0.1, 0.15) is 33.2 Å². The number of piperazine rings is 1. The Morgan fingerprint density at radius 3 is 2.23 bits per heavy atom. The van der Waals surface area contributed by atoms with Gasteiger partial charge in [0.25, 0.3) is 11.8 Å². The minimum atomic E-state index is -0.882. The summed E-state index contributed by atoms with van der Waals surface area (Å²) in [5.41, 5.74) is 1.58. The molecule has 0 radical (unpaired) electrons. The van der Waals surface area contributed by atoms with E-state index in [-0.39, 0.29) is 18.4 Å². The number of hydrogen-bond donors (Lipinski definition) is 0. The summed E-state index contributed by atoms with van der Waals surface area (Å²) < 4.78 is 11.6. The molecule has 0 aromatic heterocycles. The monoisotopic (exact) mass is 499 g/mol. The normalized spacial score (nSPS) is 18.3. The highest BCUT2D eigenvalue weighted by atomic mass is 35.5. The van der Waals surface area contributed by atoms with E-state index in [1.165, 1.54) is 4.90 Å². The number of hydrogen-bond acceptors (Lipinski definition) is 7. The van der Waals surface area contributed by atoms with Crippen LogP contribution in [0.5, 0.6) is 5.75 Å². The van der Waals surface area contributed by atoms with Crippen LogP contribution in [-0.2, 0) is 9.53 Å². The van der Waals surface area contributed by atoms with Gasteiger partial charge in [0.05, 0.1) is 17.7 Å². The van der Waals surface area contributed by atoms with Crippen molar-refractivity contribution in [3.05, 3.63) is 64.2 Å². The Kier molecular flexibility index (Phi) is 7.74. The first kappa shape index (κ1) is 25.2. The molecular formula is C26H30ClN3O5. The lowest BCUT2D eigenvalue weighted by Gasteiger charge is -2.35. The zero-order valence-corrected chi connectivity index (χ0v) is 21.0. The van der Waals surface area contributed by atoms with Crippen molar-refractivity contribution in [1.29, 1.82) is 0 Å². The summed E-state index contributed by atoms with van der Waals surface area (Å²) in [5, 5.41) is 0.612. The molecular weight excluding hydrogens is 470 g/mol. The molecule has 35 heavy (non-hydrogen) atoms. The molecule has 0 saturated carbocycles. The first-order valence-corrected chi connectivity index (χ1v) is 12.1. The molecule has 2 amide bonds. The van der Waals surface area contributed by atoms with E-state index < -0.39 is 18.2 Å². The average Bonchev–Trinajstić information content (AvgIpc) is 3.07. The minimum absolute atomic E-state index is 0.0167. The van der Waals surface area contributed by atoms with E-state index in [1.807, 2.05) is 6.92 Å². The Labute approximate surface area is 210 Å². The van der Waals surface area contributed by atoms with Crippen LogP contribution >= 0.6 is 11.6 Å². The fourth-order valence-electron chi connectivity index (χ4n) is 4.26. The average molecular weight is 500 g/mol. The van der Waals surface area contributed by atoms with Gasteiger partial charge in [0, 0.05) is 37.7 Å². The summed E-state index contributed by atoms with van der Waals surface area (Å²) in [6.45, 7) is 7.27. The van der Waals surface area contributed by atoms with Crippen LogP contribution in [0.15, 0.2) is 42.5 Å². The van der Waals surface area contributed by atoms with E-state index in [4.69, 9.17) is 21.1 Å². The van der Waals surface area contributed by atoms with Crippen LogP contribution in [0, 0.1) is 6.92 Å². The maximum Gasteiger partial charge on any atom is 0.347 e. The third kappa shape index (κ3) is 5.83. The van der Waals surface area contributed by atoms with Gasteiger partial charge in [-0.05, 0) is 56.8 Å². The smallest absolute Gasteiger partial charge is 0.347 e. The quantitative estimate of drug-likeness (QED) is 0.408. The van der Waals surface area contributed by atoms with Gasteiger partial charge in [-0.1, -0.05) is 23.7 Å². The van der Waals surface area contributed by atoms with Gasteiger partial charge in [-0.3, -0.25) is 19.4 Å². The third-order valence-electron chi connectivity index (χ3n) is 6.38. The molecule has 4 rings (SSSR count). The fourth-order valence-corrected chi connectivity index (χ4v) is 4.38. The summed E-state index contributed by atoms with van der Waals surface area (Å²) in [5.74, 6) is -0.794. The number of carbonyl (C=O) groups excluding carboxylic acids is 3. The lowest BCUT2D eigenvalue weighted by Crippen LogP contribution is -2.51. The zero-order chi connectivity index (χ0) is 25.1. The first-order valence-electron chi connectivity index (χ1n) is 11.7. The number of benzene rings is 2. The fraction of sp³-hybridized carbons (Fsp3) is 0.423. The second-order valence-electron chi connectivity index (χ2n) is 9.10. The molecule has 0 bridgehead atoms. The van der Waals surface area contributed by atoms with Crippen molar-refractivity contribution in [2.75, 3.05) is 46.3 Å². The molecule has 2 aromatic carbocycles. The molecule has 186 valence electrons. The molecule has 2 aliphatic rings. The predicted molar refractivity (Wildman–Crippen MR) is 132 cm³/mol. The molecule has 2 heterocycles. The van der Waals surface area contributed by atoms with Crippen LogP contribution < -0.4 is 4.74 Å². The molecule has 1 fully saturated rings. The predicted octanol–water partition coefficient (Wildman–Crippen LogP) is 2.87. The van der Waals surface area contributed by atoms with Gasteiger partial charge < -0.3 is 14.4 Å². The van der Waals surface area contributed by atoms with Crippen LogP contribution in [0.25, 0.3) is 0 Å². The number of imide groups is 1. The second kappa shape index (κ2) is 10.8. The number of rotatable bonds is 8. The Hall–Kier alpha value is -2.94. The number of aryl methyl sites for hydroxylation is 1. The van der Waals surface area contributed by atoms with Crippen molar-refractivity contribution in [2.24, 2.45) is 0 Å². The van der Waals surface area contributed by atoms with Gasteiger partial charge >= 0.3 is 5.97 Å². The highest BCUT2D eigenvalue weighted by Crippen LogP contribution is 2.24. The van der Waals surface area contributed by atoms with Crippen LogP contribution in [0.3, 0.4) is 0 Å². The molecule has 9 heteroatoms. The minimum Gasteiger partial charge on any atom is -0.479 e. The van der Waals surface area contributed by atoms with Crippen molar-refractivity contribution in [1.82, 2.24) is 14.7 Å². The van der Waals surface area contributed by atoms with E-state index in [9.17, 15) is 14.4 Å². The largest absolute Gasteiger partial charge is 0.479 e. The maximum atomic E-state index is 13.0. The van der Waals surface area contributed by atoms with Crippen molar-refractivity contribution in [3.8, 4) is 5.75 Å². The van der Waals surface area contributed by atoms with Gasteiger partial charge in [-0.25, -0.2) is 4.79 Å². The molecule has 2 atom stereocenters. The summed E-state index contributed by atoms with van der Waals surface area (Å²) in [6.07, 6.45) is -1.57. The molecule has 0 N–H and O–H groups in total. The van der Waals surface area contributed by atoms with E-state index in [2.05, 4.69) is 16.8 Å². The van der Waals surface area contributed by atoms with Crippen LogP contribution in [0.2, 0.25) is 5.02 Å². The number of carbonyl (C=O) groups is 3. The molecule has 8 nitrogen and oxygen atoms in total. The Morgan fingerprint density at radius 1 is 1.00 bits per heavy atom. The van der Waals surface area contributed by atoms with Gasteiger partial charge in [-0.2, -0.15) is 0 Å². The van der Waals surface area contributed by atoms with Gasteiger partial charge in [0.2, 0.25) is 0 Å². The van der Waals surface area contributed by atoms with Crippen LogP contribution in [0.4, 0.5) is 0 Å². The van der Waals surface area contributed by atoms with Gasteiger partial charge in [0.1, 0.15) is 11.9 Å².